The van der Waals surface area contributed by atoms with Gasteiger partial charge < -0.3 is 4.74 Å². The van der Waals surface area contributed by atoms with Crippen LogP contribution < -0.4 is 0 Å². The van der Waals surface area contributed by atoms with Crippen LogP contribution in [0, 0.1) is 0 Å². The molecule has 1 heterocycles. The lowest BCUT2D eigenvalue weighted by Gasteiger charge is -2.27. The molecule has 9 heteroatoms. The van der Waals surface area contributed by atoms with Crippen molar-refractivity contribution in [3.8, 4) is 0 Å². The summed E-state index contributed by atoms with van der Waals surface area (Å²) < 4.78 is 77.7. The zero-order valence-electron chi connectivity index (χ0n) is 11.1. The summed E-state index contributed by atoms with van der Waals surface area (Å²) in [6.07, 6.45) is -8.42. The highest BCUT2D eigenvalue weighted by molar-refractivity contribution is 5.89. The van der Waals surface area contributed by atoms with Crippen LogP contribution in [0.1, 0.15) is 32.1 Å². The third-order valence-electron chi connectivity index (χ3n) is 2.83. The average molecular weight is 319 g/mol. The Hall–Kier alpha value is -1.41. The highest BCUT2D eigenvalue weighted by Crippen LogP contribution is 2.26. The summed E-state index contributed by atoms with van der Waals surface area (Å²) in [4.78, 5) is 11.0. The second-order valence-corrected chi connectivity index (χ2v) is 4.59. The van der Waals surface area contributed by atoms with Gasteiger partial charge in [-0.3, -0.25) is 4.79 Å². The molecule has 0 aromatic heterocycles. The molecule has 1 rings (SSSR count). The maximum atomic E-state index is 12.3. The summed E-state index contributed by atoms with van der Waals surface area (Å²) in [5.74, 6) is -1.06. The van der Waals surface area contributed by atoms with E-state index in [2.05, 4.69) is 0 Å². The van der Waals surface area contributed by atoms with E-state index in [-0.39, 0.29) is 30.1 Å². The predicted octanol–water partition coefficient (Wildman–Crippen LogP) is 3.76. The van der Waals surface area contributed by atoms with Crippen molar-refractivity contribution < 1.29 is 35.9 Å². The maximum absolute atomic E-state index is 12.3. The van der Waals surface area contributed by atoms with Gasteiger partial charge in [0.1, 0.15) is 5.76 Å². The van der Waals surface area contributed by atoms with Crippen molar-refractivity contribution in [1.29, 1.82) is 0 Å². The Labute approximate surface area is 117 Å². The van der Waals surface area contributed by atoms with Gasteiger partial charge in [0.2, 0.25) is 0 Å². The van der Waals surface area contributed by atoms with E-state index in [4.69, 9.17) is 4.74 Å². The second kappa shape index (κ2) is 7.04. The molecule has 0 fully saturated rings. The lowest BCUT2D eigenvalue weighted by molar-refractivity contribution is -0.239. The van der Waals surface area contributed by atoms with E-state index in [1.54, 1.807) is 0 Å². The highest BCUT2D eigenvalue weighted by atomic mass is 19.4. The van der Waals surface area contributed by atoms with Gasteiger partial charge in [-0.1, -0.05) is 0 Å². The first kappa shape index (κ1) is 17.6. The Morgan fingerprint density at radius 1 is 1.10 bits per heavy atom. The molecular weight excluding hydrogens is 304 g/mol. The quantitative estimate of drug-likeness (QED) is 0.424. The highest BCUT2D eigenvalue weighted by Gasteiger charge is 2.41. The molecule has 0 saturated carbocycles. The van der Waals surface area contributed by atoms with E-state index in [1.165, 1.54) is 0 Å². The topological polar surface area (TPSA) is 29.5 Å². The first-order chi connectivity index (χ1) is 9.59. The molecule has 0 aromatic rings. The monoisotopic (exact) mass is 319 g/mol. The van der Waals surface area contributed by atoms with Crippen LogP contribution >= 0.6 is 0 Å². The third-order valence-corrected chi connectivity index (χ3v) is 2.83. The minimum Gasteiger partial charge on any atom is -0.498 e. The minimum absolute atomic E-state index is 0.0211. The summed E-state index contributed by atoms with van der Waals surface area (Å²) in [6.45, 7) is -0.425. The maximum Gasteiger partial charge on any atom is 0.487 e. The average Bonchev–Trinajstić information content (AvgIpc) is 2.30. The van der Waals surface area contributed by atoms with E-state index in [0.29, 0.717) is 12.8 Å². The number of carbonyl (C=O) groups excluding carboxylic acids is 1. The fourth-order valence-electron chi connectivity index (χ4n) is 1.79. The van der Waals surface area contributed by atoms with Gasteiger partial charge in [-0.15, -0.1) is 13.2 Å². The minimum atomic E-state index is -4.71. The molecule has 1 aliphatic rings. The second-order valence-electron chi connectivity index (χ2n) is 4.59. The Kier molecular flexibility index (Phi) is 5.91. The van der Waals surface area contributed by atoms with Crippen LogP contribution in [-0.4, -0.2) is 36.4 Å². The van der Waals surface area contributed by atoms with Crippen LogP contribution in [0.3, 0.4) is 0 Å². The van der Waals surface area contributed by atoms with Gasteiger partial charge in [0.15, 0.2) is 0 Å². The van der Waals surface area contributed by atoms with Gasteiger partial charge in [0.25, 0.3) is 5.91 Å². The van der Waals surface area contributed by atoms with E-state index >= 15 is 0 Å². The van der Waals surface area contributed by atoms with Gasteiger partial charge in [0.05, 0.1) is 6.61 Å². The number of nitrogens with zero attached hydrogens (tertiary/aromatic N) is 1. The zero-order valence-corrected chi connectivity index (χ0v) is 11.1. The third kappa shape index (κ3) is 6.72. The molecule has 3 nitrogen and oxygen atoms in total. The summed E-state index contributed by atoms with van der Waals surface area (Å²) >= 11 is 0. The number of alkyl halides is 6. The van der Waals surface area contributed by atoms with Crippen LogP contribution in [0.5, 0.6) is 0 Å². The molecule has 122 valence electrons. The van der Waals surface area contributed by atoms with Crippen LogP contribution in [0.15, 0.2) is 11.8 Å². The van der Waals surface area contributed by atoms with Gasteiger partial charge in [0, 0.05) is 25.5 Å². The zero-order chi connectivity index (χ0) is 16.1. The molecule has 0 atom stereocenters. The fraction of sp³-hybridized carbons (Fsp3) is 0.750. The van der Waals surface area contributed by atoms with Crippen LogP contribution in [0.25, 0.3) is 0 Å². The first-order valence-electron chi connectivity index (χ1n) is 6.38. The largest absolute Gasteiger partial charge is 0.498 e. The number of rotatable bonds is 6. The molecule has 0 saturated heterocycles. The summed E-state index contributed by atoms with van der Waals surface area (Å²) in [5, 5.41) is 0. The smallest absolute Gasteiger partial charge is 0.487 e. The molecule has 0 aliphatic carbocycles. The molecule has 0 bridgehead atoms. The normalized spacial score (nSPS) is 17.0. The molecule has 0 N–H and O–H groups in total. The van der Waals surface area contributed by atoms with Gasteiger partial charge in [-0.05, 0) is 19.3 Å². The van der Waals surface area contributed by atoms with Crippen molar-refractivity contribution >= 4 is 5.91 Å². The van der Waals surface area contributed by atoms with Crippen molar-refractivity contribution in [3.63, 3.8) is 0 Å². The van der Waals surface area contributed by atoms with Crippen molar-refractivity contribution in [1.82, 2.24) is 4.90 Å². The summed E-state index contributed by atoms with van der Waals surface area (Å²) in [6, 6.07) is 0. The van der Waals surface area contributed by atoms with E-state index in [9.17, 15) is 31.1 Å². The Balaban J connectivity index is 2.24. The van der Waals surface area contributed by atoms with Crippen LogP contribution in [0.2, 0.25) is 0 Å². The molecule has 0 aromatic carbocycles. The molecule has 0 spiro atoms. The number of halogens is 6. The van der Waals surface area contributed by atoms with Crippen molar-refractivity contribution in [3.05, 3.63) is 11.8 Å². The molecule has 1 aliphatic heterocycles. The van der Waals surface area contributed by atoms with Gasteiger partial charge >= 0.3 is 12.5 Å². The number of unbranched alkanes of at least 4 members (excludes halogenated alkanes) is 2. The van der Waals surface area contributed by atoms with E-state index in [0.717, 1.165) is 6.08 Å². The number of hydrogen-bond acceptors (Lipinski definition) is 2. The molecule has 0 unspecified atom stereocenters. The van der Waals surface area contributed by atoms with Crippen molar-refractivity contribution in [2.24, 2.45) is 0 Å². The lowest BCUT2D eigenvalue weighted by Crippen LogP contribution is -2.44. The Morgan fingerprint density at radius 2 is 1.76 bits per heavy atom. The lowest BCUT2D eigenvalue weighted by atomic mass is 10.2. The van der Waals surface area contributed by atoms with Crippen LogP contribution in [0.4, 0.5) is 26.3 Å². The number of amides is 1. The van der Waals surface area contributed by atoms with Gasteiger partial charge in [-0.2, -0.15) is 13.2 Å². The molecule has 21 heavy (non-hydrogen) atoms. The Morgan fingerprint density at radius 3 is 2.29 bits per heavy atom. The summed E-state index contributed by atoms with van der Waals surface area (Å²) in [5.41, 5.74) is 0. The predicted molar refractivity (Wildman–Crippen MR) is 60.9 cm³/mol. The summed E-state index contributed by atoms with van der Waals surface area (Å²) in [7, 11) is 0. The Bertz CT molecular complexity index is 388. The van der Waals surface area contributed by atoms with E-state index < -0.39 is 31.3 Å². The number of carbonyl (C=O) groups is 1. The number of ether oxygens (including phenoxy) is 1. The molecular formula is C12H15F6NO2. The SMILES string of the molecule is O=C1C=C(OCCCCCC(F)(F)F)CCN1C(F)(F)F. The van der Waals surface area contributed by atoms with E-state index in [1.807, 2.05) is 0 Å². The van der Waals surface area contributed by atoms with Crippen molar-refractivity contribution in [2.45, 2.75) is 44.6 Å². The fourth-order valence-corrected chi connectivity index (χ4v) is 1.79. The molecule has 0 radical (unpaired) electrons. The van der Waals surface area contributed by atoms with Crippen LogP contribution in [-0.2, 0) is 9.53 Å². The standard InChI is InChI=1S/C12H15F6NO2/c13-11(14,15)5-2-1-3-7-21-9-4-6-19(10(20)8-9)12(16,17)18/h8H,1-7H2. The van der Waals surface area contributed by atoms with Gasteiger partial charge in [-0.25, -0.2) is 4.90 Å². The van der Waals surface area contributed by atoms with Crippen molar-refractivity contribution in [2.75, 3.05) is 13.2 Å². The molecule has 1 amide bonds. The number of hydrogen-bond donors (Lipinski definition) is 0. The first-order valence-corrected chi connectivity index (χ1v) is 6.38.